The fraction of sp³-hybridized carbons (Fsp3) is 0.905. The normalized spacial score (nSPS) is 33.2. The van der Waals surface area contributed by atoms with Crippen LogP contribution < -0.4 is 5.32 Å². The first kappa shape index (κ1) is 18.3. The molecule has 0 spiro atoms. The summed E-state index contributed by atoms with van der Waals surface area (Å²) in [5.74, 6) is 1.81. The van der Waals surface area contributed by atoms with Crippen LogP contribution >= 0.6 is 0 Å². The van der Waals surface area contributed by atoms with Gasteiger partial charge in [0.1, 0.15) is 0 Å². The Hall–Kier alpha value is -1.10. The lowest BCUT2D eigenvalue weighted by Crippen LogP contribution is -2.56. The van der Waals surface area contributed by atoms with Crippen LogP contribution in [0.1, 0.15) is 64.2 Å². The number of nitrogens with one attached hydrogen (secondary N) is 1. The highest BCUT2D eigenvalue weighted by Crippen LogP contribution is 2.45. The molecule has 4 rings (SSSR count). The summed E-state index contributed by atoms with van der Waals surface area (Å²) in [5, 5.41) is 3.49. The predicted molar refractivity (Wildman–Crippen MR) is 102 cm³/mol. The standard InChI is InChI=1S/C21H35N3O2/c25-19(14-17-6-2-1-3-7-17)23-10-12-24(13-11-23)20(26)21-9-5-4-8-18(21)15-22-16-21/h17-18,22H,1-16H2/t18-,21+/m0/s1. The van der Waals surface area contributed by atoms with Gasteiger partial charge in [0.05, 0.1) is 5.41 Å². The van der Waals surface area contributed by atoms with Crippen molar-refractivity contribution < 1.29 is 9.59 Å². The van der Waals surface area contributed by atoms with Gasteiger partial charge in [-0.2, -0.15) is 0 Å². The molecule has 0 unspecified atom stereocenters. The SMILES string of the molecule is O=C(CC1CCCCC1)N1CCN(C(=O)[C@@]23CCCC[C@H]2CNC3)CC1. The zero-order chi connectivity index (χ0) is 18.0. The molecule has 1 N–H and O–H groups in total. The van der Waals surface area contributed by atoms with Crippen LogP contribution in [-0.4, -0.2) is 60.9 Å². The number of hydrogen-bond acceptors (Lipinski definition) is 3. The number of nitrogens with zero attached hydrogens (tertiary/aromatic N) is 2. The lowest BCUT2D eigenvalue weighted by atomic mass is 9.67. The Labute approximate surface area is 157 Å². The summed E-state index contributed by atoms with van der Waals surface area (Å²) in [6.07, 6.45) is 11.8. The molecule has 4 aliphatic rings. The van der Waals surface area contributed by atoms with Gasteiger partial charge in [0.15, 0.2) is 0 Å². The first-order chi connectivity index (χ1) is 12.7. The Bertz CT molecular complexity index is 523. The van der Waals surface area contributed by atoms with Gasteiger partial charge in [0.2, 0.25) is 11.8 Å². The van der Waals surface area contributed by atoms with E-state index in [1.165, 1.54) is 51.4 Å². The molecular weight excluding hydrogens is 326 g/mol. The van der Waals surface area contributed by atoms with Crippen molar-refractivity contribution in [2.75, 3.05) is 39.3 Å². The second kappa shape index (κ2) is 7.87. The number of carbonyl (C=O) groups excluding carboxylic acids is 2. The van der Waals surface area contributed by atoms with E-state index >= 15 is 0 Å². The summed E-state index contributed by atoms with van der Waals surface area (Å²) in [4.78, 5) is 30.1. The molecular formula is C21H35N3O2. The maximum atomic E-state index is 13.3. The smallest absolute Gasteiger partial charge is 0.230 e. The van der Waals surface area contributed by atoms with Crippen molar-refractivity contribution in [3.63, 3.8) is 0 Å². The molecule has 0 aromatic heterocycles. The number of piperazine rings is 1. The van der Waals surface area contributed by atoms with E-state index in [1.54, 1.807) is 0 Å². The summed E-state index contributed by atoms with van der Waals surface area (Å²) in [6.45, 7) is 4.77. The summed E-state index contributed by atoms with van der Waals surface area (Å²) < 4.78 is 0. The predicted octanol–water partition coefficient (Wildman–Crippen LogP) is 2.41. The van der Waals surface area contributed by atoms with Crippen molar-refractivity contribution >= 4 is 11.8 Å². The third-order valence-electron chi connectivity index (χ3n) is 7.57. The first-order valence-electron chi connectivity index (χ1n) is 11.0. The molecule has 5 nitrogen and oxygen atoms in total. The maximum absolute atomic E-state index is 13.3. The molecule has 2 aliphatic carbocycles. The third kappa shape index (κ3) is 3.51. The van der Waals surface area contributed by atoms with Gasteiger partial charge in [-0.1, -0.05) is 32.1 Å². The van der Waals surface area contributed by atoms with Crippen LogP contribution in [-0.2, 0) is 9.59 Å². The van der Waals surface area contributed by atoms with Gasteiger partial charge < -0.3 is 15.1 Å². The van der Waals surface area contributed by atoms with Gasteiger partial charge in [-0.15, -0.1) is 0 Å². The van der Waals surface area contributed by atoms with E-state index in [9.17, 15) is 9.59 Å². The second-order valence-electron chi connectivity index (χ2n) is 9.11. The highest BCUT2D eigenvalue weighted by molar-refractivity contribution is 5.84. The minimum Gasteiger partial charge on any atom is -0.339 e. The monoisotopic (exact) mass is 361 g/mol. The van der Waals surface area contributed by atoms with Crippen LogP contribution in [0.4, 0.5) is 0 Å². The average molecular weight is 362 g/mol. The van der Waals surface area contributed by atoms with E-state index in [0.717, 1.165) is 52.1 Å². The molecule has 2 aliphatic heterocycles. The van der Waals surface area contributed by atoms with E-state index in [4.69, 9.17) is 0 Å². The Kier molecular flexibility index (Phi) is 5.53. The molecule has 2 heterocycles. The first-order valence-corrected chi connectivity index (χ1v) is 11.0. The quantitative estimate of drug-likeness (QED) is 0.840. The van der Waals surface area contributed by atoms with Crippen LogP contribution in [0, 0.1) is 17.3 Å². The van der Waals surface area contributed by atoms with Gasteiger partial charge in [0, 0.05) is 39.1 Å². The summed E-state index contributed by atoms with van der Waals surface area (Å²) in [6, 6.07) is 0. The van der Waals surface area contributed by atoms with Crippen molar-refractivity contribution in [2.24, 2.45) is 17.3 Å². The van der Waals surface area contributed by atoms with E-state index in [2.05, 4.69) is 10.2 Å². The third-order valence-corrected chi connectivity index (χ3v) is 7.57. The van der Waals surface area contributed by atoms with Crippen LogP contribution in [0.2, 0.25) is 0 Å². The molecule has 2 amide bonds. The minimum atomic E-state index is -0.146. The molecule has 0 aromatic rings. The van der Waals surface area contributed by atoms with Crippen LogP contribution in [0.15, 0.2) is 0 Å². The van der Waals surface area contributed by atoms with Crippen molar-refractivity contribution in [2.45, 2.75) is 64.2 Å². The zero-order valence-corrected chi connectivity index (χ0v) is 16.2. The van der Waals surface area contributed by atoms with Crippen molar-refractivity contribution in [1.82, 2.24) is 15.1 Å². The lowest BCUT2D eigenvalue weighted by Gasteiger charge is -2.43. The topological polar surface area (TPSA) is 52.7 Å². The Balaban J connectivity index is 1.30. The van der Waals surface area contributed by atoms with Crippen LogP contribution in [0.3, 0.4) is 0 Å². The fourth-order valence-corrected chi connectivity index (χ4v) is 5.91. The fourth-order valence-electron chi connectivity index (χ4n) is 5.91. The van der Waals surface area contributed by atoms with Gasteiger partial charge in [-0.05, 0) is 44.1 Å². The van der Waals surface area contributed by atoms with E-state index < -0.39 is 0 Å². The highest BCUT2D eigenvalue weighted by Gasteiger charge is 2.51. The summed E-state index contributed by atoms with van der Waals surface area (Å²) in [7, 11) is 0. The Morgan fingerprint density at radius 3 is 2.35 bits per heavy atom. The van der Waals surface area contributed by atoms with E-state index in [1.807, 2.05) is 4.90 Å². The summed E-state index contributed by atoms with van der Waals surface area (Å²) >= 11 is 0. The molecule has 0 radical (unpaired) electrons. The molecule has 0 aromatic carbocycles. The van der Waals surface area contributed by atoms with Crippen LogP contribution in [0.5, 0.6) is 0 Å². The summed E-state index contributed by atoms with van der Waals surface area (Å²) in [5.41, 5.74) is -0.146. The van der Waals surface area contributed by atoms with Gasteiger partial charge in [-0.3, -0.25) is 9.59 Å². The lowest BCUT2D eigenvalue weighted by molar-refractivity contribution is -0.150. The molecule has 2 saturated heterocycles. The zero-order valence-electron chi connectivity index (χ0n) is 16.2. The average Bonchev–Trinajstić information content (AvgIpc) is 3.13. The number of fused-ring (bicyclic) bond motifs is 1. The van der Waals surface area contributed by atoms with E-state index in [0.29, 0.717) is 23.7 Å². The van der Waals surface area contributed by atoms with Gasteiger partial charge in [-0.25, -0.2) is 0 Å². The molecule has 5 heteroatoms. The number of rotatable bonds is 3. The van der Waals surface area contributed by atoms with E-state index in [-0.39, 0.29) is 5.41 Å². The number of hydrogen-bond donors (Lipinski definition) is 1. The van der Waals surface area contributed by atoms with Crippen molar-refractivity contribution in [3.05, 3.63) is 0 Å². The Morgan fingerprint density at radius 2 is 1.58 bits per heavy atom. The Morgan fingerprint density at radius 1 is 0.885 bits per heavy atom. The maximum Gasteiger partial charge on any atom is 0.230 e. The largest absolute Gasteiger partial charge is 0.339 e. The van der Waals surface area contributed by atoms with Crippen molar-refractivity contribution in [1.29, 1.82) is 0 Å². The van der Waals surface area contributed by atoms with Gasteiger partial charge in [0.25, 0.3) is 0 Å². The second-order valence-corrected chi connectivity index (χ2v) is 9.11. The molecule has 2 saturated carbocycles. The highest BCUT2D eigenvalue weighted by atomic mass is 16.2. The minimum absolute atomic E-state index is 0.146. The number of amides is 2. The molecule has 146 valence electrons. The molecule has 2 atom stereocenters. The number of carbonyl (C=O) groups is 2. The molecule has 4 fully saturated rings. The molecule has 0 bridgehead atoms. The van der Waals surface area contributed by atoms with Crippen molar-refractivity contribution in [3.8, 4) is 0 Å². The van der Waals surface area contributed by atoms with Crippen LogP contribution in [0.25, 0.3) is 0 Å². The molecule has 26 heavy (non-hydrogen) atoms. The van der Waals surface area contributed by atoms with Gasteiger partial charge >= 0.3 is 0 Å².